The molecule has 0 saturated heterocycles. The Morgan fingerprint density at radius 1 is 1.67 bits per heavy atom. The zero-order chi connectivity index (χ0) is 10.8. The van der Waals surface area contributed by atoms with Crippen molar-refractivity contribution < 1.29 is 9.53 Å². The first-order valence-corrected chi connectivity index (χ1v) is 4.32. The highest BCUT2D eigenvalue weighted by Gasteiger charge is 2.11. The van der Waals surface area contributed by atoms with Crippen molar-refractivity contribution in [2.75, 3.05) is 6.61 Å². The first-order chi connectivity index (χ1) is 7.22. The summed E-state index contributed by atoms with van der Waals surface area (Å²) < 4.78 is 5.86. The molecule has 0 bridgehead atoms. The molecule has 7 heteroatoms. The van der Waals surface area contributed by atoms with E-state index in [0.717, 1.165) is 10.6 Å². The Balaban J connectivity index is 2.54. The lowest BCUT2D eigenvalue weighted by Gasteiger charge is -1.99. The van der Waals surface area contributed by atoms with E-state index in [1.807, 2.05) is 0 Å². The average molecular weight is 208 g/mol. The number of hydrogen-bond acceptors (Lipinski definition) is 5. The number of fused-ring (bicyclic) bond motifs is 1. The summed E-state index contributed by atoms with van der Waals surface area (Å²) in [6.45, 7) is 1.92. The van der Waals surface area contributed by atoms with Crippen LogP contribution in [0, 0.1) is 0 Å². The third-order valence-electron chi connectivity index (χ3n) is 1.77. The molecule has 0 spiro atoms. The van der Waals surface area contributed by atoms with Gasteiger partial charge in [-0.05, 0) is 6.92 Å². The number of rotatable bonds is 2. The summed E-state index contributed by atoms with van der Waals surface area (Å²) in [4.78, 5) is 26.6. The summed E-state index contributed by atoms with van der Waals surface area (Å²) in [6, 6.07) is 1.10. The summed E-state index contributed by atoms with van der Waals surface area (Å²) in [7, 11) is 0. The van der Waals surface area contributed by atoms with Crippen molar-refractivity contribution in [3.63, 3.8) is 0 Å². The number of nitrogens with zero attached hydrogens (tertiary/aromatic N) is 3. The minimum Gasteiger partial charge on any atom is -0.461 e. The van der Waals surface area contributed by atoms with Gasteiger partial charge >= 0.3 is 5.97 Å². The van der Waals surface area contributed by atoms with Crippen LogP contribution in [0.15, 0.2) is 17.1 Å². The average Bonchev–Trinajstić information content (AvgIpc) is 2.66. The maximum atomic E-state index is 11.4. The van der Waals surface area contributed by atoms with Gasteiger partial charge in [-0.15, -0.1) is 0 Å². The molecule has 0 unspecified atom stereocenters. The normalized spacial score (nSPS) is 10.5. The zero-order valence-electron chi connectivity index (χ0n) is 7.93. The lowest BCUT2D eigenvalue weighted by Crippen LogP contribution is -2.18. The summed E-state index contributed by atoms with van der Waals surface area (Å²) in [5.74, 6) is -0.613. The van der Waals surface area contributed by atoms with E-state index in [4.69, 9.17) is 4.74 Å². The molecule has 0 aliphatic rings. The highest BCUT2D eigenvalue weighted by Crippen LogP contribution is 1.97. The van der Waals surface area contributed by atoms with E-state index < -0.39 is 11.5 Å². The molecule has 0 atom stereocenters. The molecule has 0 aromatic carbocycles. The van der Waals surface area contributed by atoms with Gasteiger partial charge in [0.2, 0.25) is 0 Å². The fourth-order valence-electron chi connectivity index (χ4n) is 1.14. The van der Waals surface area contributed by atoms with Gasteiger partial charge < -0.3 is 4.74 Å². The number of nitrogens with one attached hydrogen (secondary N) is 1. The second-order valence-corrected chi connectivity index (χ2v) is 2.75. The van der Waals surface area contributed by atoms with Crippen molar-refractivity contribution in [2.45, 2.75) is 6.92 Å². The Morgan fingerprint density at radius 3 is 3.20 bits per heavy atom. The Labute approximate surface area is 83.7 Å². The molecule has 2 rings (SSSR count). The number of H-pyrrole nitrogens is 1. The second kappa shape index (κ2) is 3.52. The smallest absolute Gasteiger partial charge is 0.357 e. The minimum absolute atomic E-state index is 0.0109. The summed E-state index contributed by atoms with van der Waals surface area (Å²) in [5, 5.41) is 6.06. The van der Waals surface area contributed by atoms with Gasteiger partial charge in [0.25, 0.3) is 5.56 Å². The molecule has 0 radical (unpaired) electrons. The SMILES string of the molecule is CCOC(=O)c1cc(=O)n2[nH]ncc2n1. The molecule has 7 nitrogen and oxygen atoms in total. The number of ether oxygens (including phenoxy) is 1. The molecule has 0 aliphatic carbocycles. The number of esters is 1. The van der Waals surface area contributed by atoms with E-state index in [2.05, 4.69) is 15.3 Å². The van der Waals surface area contributed by atoms with Gasteiger partial charge in [-0.2, -0.15) is 9.61 Å². The predicted molar refractivity (Wildman–Crippen MR) is 49.6 cm³/mol. The Kier molecular flexibility index (Phi) is 2.20. The maximum absolute atomic E-state index is 11.4. The molecular weight excluding hydrogens is 200 g/mol. The van der Waals surface area contributed by atoms with Gasteiger partial charge in [-0.3, -0.25) is 4.79 Å². The molecular formula is C8H8N4O3. The van der Waals surface area contributed by atoms with E-state index in [1.165, 1.54) is 6.20 Å². The standard InChI is InChI=1S/C8H8N4O3/c1-2-15-8(14)5-3-7(13)12-6(10-5)4-9-11-12/h3-4,11H,2H2,1H3. The monoisotopic (exact) mass is 208 g/mol. The van der Waals surface area contributed by atoms with Crippen LogP contribution in [0.25, 0.3) is 5.65 Å². The van der Waals surface area contributed by atoms with Crippen molar-refractivity contribution in [3.05, 3.63) is 28.3 Å². The Bertz CT molecular complexity index is 556. The van der Waals surface area contributed by atoms with Crippen LogP contribution in [-0.2, 0) is 4.74 Å². The van der Waals surface area contributed by atoms with Crippen LogP contribution in [0.5, 0.6) is 0 Å². The Hall–Kier alpha value is -2.18. The fraction of sp³-hybridized carbons (Fsp3) is 0.250. The molecule has 0 saturated carbocycles. The van der Waals surface area contributed by atoms with Gasteiger partial charge in [-0.1, -0.05) is 0 Å². The van der Waals surface area contributed by atoms with E-state index in [0.29, 0.717) is 0 Å². The number of carbonyl (C=O) groups is 1. The minimum atomic E-state index is -0.613. The molecule has 15 heavy (non-hydrogen) atoms. The van der Waals surface area contributed by atoms with Crippen molar-refractivity contribution in [3.8, 4) is 0 Å². The van der Waals surface area contributed by atoms with Crippen molar-refractivity contribution >= 4 is 11.6 Å². The van der Waals surface area contributed by atoms with E-state index >= 15 is 0 Å². The van der Waals surface area contributed by atoms with Crippen LogP contribution in [-0.4, -0.2) is 32.4 Å². The fourth-order valence-corrected chi connectivity index (χ4v) is 1.14. The quantitative estimate of drug-likeness (QED) is 0.678. The third-order valence-corrected chi connectivity index (χ3v) is 1.77. The second-order valence-electron chi connectivity index (χ2n) is 2.75. The van der Waals surface area contributed by atoms with Crippen molar-refractivity contribution in [1.29, 1.82) is 0 Å². The van der Waals surface area contributed by atoms with Crippen LogP contribution in [0.2, 0.25) is 0 Å². The van der Waals surface area contributed by atoms with E-state index in [9.17, 15) is 9.59 Å². The molecule has 0 aliphatic heterocycles. The van der Waals surface area contributed by atoms with Crippen LogP contribution in [0.4, 0.5) is 0 Å². The van der Waals surface area contributed by atoms with Gasteiger partial charge in [0, 0.05) is 6.07 Å². The number of carbonyl (C=O) groups excluding carboxylic acids is 1. The van der Waals surface area contributed by atoms with Crippen molar-refractivity contribution in [2.24, 2.45) is 0 Å². The van der Waals surface area contributed by atoms with Crippen LogP contribution in [0.1, 0.15) is 17.4 Å². The summed E-state index contributed by atoms with van der Waals surface area (Å²) in [6.07, 6.45) is 1.35. The largest absolute Gasteiger partial charge is 0.461 e. The van der Waals surface area contributed by atoms with Crippen LogP contribution < -0.4 is 5.56 Å². The zero-order valence-corrected chi connectivity index (χ0v) is 7.93. The summed E-state index contributed by atoms with van der Waals surface area (Å²) >= 11 is 0. The van der Waals surface area contributed by atoms with Crippen molar-refractivity contribution in [1.82, 2.24) is 19.8 Å². The summed E-state index contributed by atoms with van der Waals surface area (Å²) in [5.41, 5.74) is -0.130. The molecule has 2 heterocycles. The van der Waals surface area contributed by atoms with E-state index in [1.54, 1.807) is 6.92 Å². The van der Waals surface area contributed by atoms with Gasteiger partial charge in [0.05, 0.1) is 12.8 Å². The number of aromatic nitrogens is 4. The third kappa shape index (κ3) is 1.58. The number of hydrogen-bond donors (Lipinski definition) is 1. The maximum Gasteiger partial charge on any atom is 0.357 e. The highest BCUT2D eigenvalue weighted by molar-refractivity contribution is 5.87. The molecule has 0 fully saturated rings. The van der Waals surface area contributed by atoms with Gasteiger partial charge in [0.15, 0.2) is 11.3 Å². The van der Waals surface area contributed by atoms with Gasteiger partial charge in [0.1, 0.15) is 0 Å². The lowest BCUT2D eigenvalue weighted by atomic mass is 10.4. The first kappa shape index (κ1) is 9.38. The lowest BCUT2D eigenvalue weighted by molar-refractivity contribution is 0.0519. The molecule has 0 amide bonds. The van der Waals surface area contributed by atoms with E-state index in [-0.39, 0.29) is 17.9 Å². The van der Waals surface area contributed by atoms with Crippen LogP contribution >= 0.6 is 0 Å². The molecule has 2 aromatic rings. The number of aromatic amines is 1. The topological polar surface area (TPSA) is 89.4 Å². The Morgan fingerprint density at radius 2 is 2.47 bits per heavy atom. The van der Waals surface area contributed by atoms with Crippen LogP contribution in [0.3, 0.4) is 0 Å². The molecule has 1 N–H and O–H groups in total. The highest BCUT2D eigenvalue weighted by atomic mass is 16.5. The van der Waals surface area contributed by atoms with Gasteiger partial charge in [-0.25, -0.2) is 15.0 Å². The molecule has 78 valence electrons. The first-order valence-electron chi connectivity index (χ1n) is 4.32. The predicted octanol–water partition coefficient (Wildman–Crippen LogP) is -0.406. The molecule has 2 aromatic heterocycles.